The van der Waals surface area contributed by atoms with E-state index in [1.807, 2.05) is 20.8 Å². The lowest BCUT2D eigenvalue weighted by atomic mass is 10.3. The van der Waals surface area contributed by atoms with Crippen LogP contribution in [0.1, 0.15) is 35.0 Å². The number of alkyl carbamates (subject to hydrolysis) is 1. The van der Waals surface area contributed by atoms with Crippen LogP contribution in [0.4, 0.5) is 4.79 Å². The molecule has 0 saturated heterocycles. The molecule has 1 aliphatic carbocycles. The fourth-order valence-corrected chi connectivity index (χ4v) is 0.802. The van der Waals surface area contributed by atoms with Crippen molar-refractivity contribution in [3.05, 3.63) is 0 Å². The highest BCUT2D eigenvalue weighted by atomic mass is 16.6. The van der Waals surface area contributed by atoms with Gasteiger partial charge in [0, 0.05) is 6.97 Å². The van der Waals surface area contributed by atoms with Crippen LogP contribution in [0.5, 0.6) is 0 Å². The first-order valence-corrected chi connectivity index (χ1v) is 4.01. The first-order chi connectivity index (χ1) is 5.02. The van der Waals surface area contributed by atoms with Gasteiger partial charge in [0.1, 0.15) is 0 Å². The average Bonchev–Trinajstić information content (AvgIpc) is 2.44. The lowest BCUT2D eigenvalue weighted by Gasteiger charge is -2.13. The lowest BCUT2D eigenvalue weighted by Crippen LogP contribution is -2.35. The van der Waals surface area contributed by atoms with Crippen LogP contribution in [0.2, 0.25) is 0 Å². The van der Waals surface area contributed by atoms with Crippen LogP contribution in [-0.2, 0) is 4.74 Å². The van der Waals surface area contributed by atoms with Gasteiger partial charge in [-0.3, -0.25) is 0 Å². The Morgan fingerprint density at radius 1 is 1.64 bits per heavy atom. The minimum atomic E-state index is -0.292. The van der Waals surface area contributed by atoms with Crippen molar-refractivity contribution in [2.24, 2.45) is 0 Å². The second kappa shape index (κ2) is 2.72. The molecule has 0 unspecified atom stereocenters. The molecule has 1 N–H and O–H groups in total. The van der Waals surface area contributed by atoms with E-state index in [-0.39, 0.29) is 19.2 Å². The third-order valence-corrected chi connectivity index (χ3v) is 1.75. The van der Waals surface area contributed by atoms with Gasteiger partial charge in [0.25, 0.3) is 0 Å². The maximum Gasteiger partial charge on any atom is 0.407 e. The highest BCUT2D eigenvalue weighted by Gasteiger charge is 2.39. The van der Waals surface area contributed by atoms with Crippen molar-refractivity contribution in [2.75, 3.05) is 0 Å². The molecule has 1 amide bonds. The summed E-state index contributed by atoms with van der Waals surface area (Å²) in [7, 11) is 0. The summed E-state index contributed by atoms with van der Waals surface area (Å²) < 4.78 is 4.92. The molecule has 0 bridgehead atoms. The van der Waals surface area contributed by atoms with E-state index in [2.05, 4.69) is 5.32 Å². The van der Waals surface area contributed by atoms with Crippen LogP contribution in [-0.4, -0.2) is 17.7 Å². The Labute approximate surface area is 68.6 Å². The maximum absolute atomic E-state index is 11.0. The van der Waals surface area contributed by atoms with Gasteiger partial charge in [0.05, 0.1) is 6.10 Å². The van der Waals surface area contributed by atoms with Crippen molar-refractivity contribution in [1.82, 2.24) is 5.32 Å². The molecule has 0 atom stereocenters. The molecule has 3 nitrogen and oxygen atoms in total. The van der Waals surface area contributed by atoms with Gasteiger partial charge in [-0.25, -0.2) is 4.79 Å². The van der Waals surface area contributed by atoms with Crippen molar-refractivity contribution in [3.8, 4) is 0 Å². The summed E-state index contributed by atoms with van der Waals surface area (Å²) in [5.74, 6) is 0. The predicted molar refractivity (Wildman–Crippen MR) is 44.5 cm³/mol. The minimum Gasteiger partial charge on any atom is -0.447 e. The molecular weight excluding hydrogens is 142 g/mol. The first kappa shape index (κ1) is 8.37. The van der Waals surface area contributed by atoms with E-state index in [1.54, 1.807) is 0 Å². The Hall–Kier alpha value is -0.730. The zero-order valence-electron chi connectivity index (χ0n) is 7.31. The maximum atomic E-state index is 11.0. The highest BCUT2D eigenvalue weighted by Crippen LogP contribution is 2.34. The van der Waals surface area contributed by atoms with Gasteiger partial charge in [-0.05, 0) is 33.6 Å². The quantitative estimate of drug-likeness (QED) is 0.668. The van der Waals surface area contributed by atoms with Crippen LogP contribution < -0.4 is 5.32 Å². The van der Waals surface area contributed by atoms with Gasteiger partial charge in [0.15, 0.2) is 0 Å². The fraction of sp³-hybridized carbons (Fsp3) is 0.875. The van der Waals surface area contributed by atoms with Crippen LogP contribution in [0.15, 0.2) is 0 Å². The summed E-state index contributed by atoms with van der Waals surface area (Å²) in [5, 5.41) is 2.80. The van der Waals surface area contributed by atoms with Crippen molar-refractivity contribution in [3.63, 3.8) is 0 Å². The Kier molecular flexibility index (Phi) is 2.07. The summed E-state index contributed by atoms with van der Waals surface area (Å²) in [6.07, 6.45) is 1.82. The normalized spacial score (nSPS) is 19.6. The third kappa shape index (κ3) is 2.78. The Morgan fingerprint density at radius 2 is 2.18 bits per heavy atom. The topological polar surface area (TPSA) is 38.3 Å². The summed E-state index contributed by atoms with van der Waals surface area (Å²) in [6, 6.07) is 0. The molecule has 0 spiro atoms. The van der Waals surface area contributed by atoms with Crippen LogP contribution in [0, 0.1) is 0 Å². The Bertz CT molecular complexity index is 166. The van der Waals surface area contributed by atoms with Gasteiger partial charge in [-0.15, -0.1) is 0 Å². The number of hydrogen-bond donors (Lipinski definition) is 1. The van der Waals surface area contributed by atoms with Gasteiger partial charge >= 0.3 is 6.09 Å². The van der Waals surface area contributed by atoms with Crippen molar-refractivity contribution in [1.29, 1.82) is 0 Å². The monoisotopic (exact) mass is 159 g/mol. The SMILES string of the molecule is CC(C)OC(=O)NC1(C)CC1.[HH]. The lowest BCUT2D eigenvalue weighted by molar-refractivity contribution is 0.112. The van der Waals surface area contributed by atoms with Gasteiger partial charge in [0.2, 0.25) is 0 Å². The molecule has 1 fully saturated rings. The van der Waals surface area contributed by atoms with E-state index in [4.69, 9.17) is 4.74 Å². The van der Waals surface area contributed by atoms with Gasteiger partial charge in [-0.1, -0.05) is 0 Å². The van der Waals surface area contributed by atoms with E-state index >= 15 is 0 Å². The van der Waals surface area contributed by atoms with E-state index in [0.29, 0.717) is 0 Å². The molecule has 1 aliphatic rings. The number of rotatable bonds is 2. The van der Waals surface area contributed by atoms with E-state index in [0.717, 1.165) is 12.8 Å². The molecule has 1 saturated carbocycles. The van der Waals surface area contributed by atoms with Gasteiger partial charge < -0.3 is 10.1 Å². The number of amides is 1. The molecule has 0 radical (unpaired) electrons. The summed E-state index contributed by atoms with van der Waals surface area (Å²) in [4.78, 5) is 11.0. The predicted octanol–water partition coefficient (Wildman–Crippen LogP) is 1.92. The number of nitrogens with one attached hydrogen (secondary N) is 1. The summed E-state index contributed by atoms with van der Waals surface area (Å²) >= 11 is 0. The highest BCUT2D eigenvalue weighted by molar-refractivity contribution is 5.68. The van der Waals surface area contributed by atoms with E-state index in [1.165, 1.54) is 0 Å². The first-order valence-electron chi connectivity index (χ1n) is 4.01. The number of carbonyl (C=O) groups is 1. The van der Waals surface area contributed by atoms with E-state index < -0.39 is 0 Å². The van der Waals surface area contributed by atoms with Crippen LogP contribution >= 0.6 is 0 Å². The summed E-state index contributed by atoms with van der Waals surface area (Å²) in [6.45, 7) is 5.71. The average molecular weight is 159 g/mol. The van der Waals surface area contributed by atoms with Crippen molar-refractivity contribution >= 4 is 6.09 Å². The van der Waals surface area contributed by atoms with E-state index in [9.17, 15) is 4.79 Å². The zero-order valence-corrected chi connectivity index (χ0v) is 7.31. The van der Waals surface area contributed by atoms with Crippen molar-refractivity contribution in [2.45, 2.75) is 45.3 Å². The zero-order chi connectivity index (χ0) is 8.48. The molecular formula is C8H17NO2. The molecule has 0 heterocycles. The third-order valence-electron chi connectivity index (χ3n) is 1.75. The van der Waals surface area contributed by atoms with Gasteiger partial charge in [-0.2, -0.15) is 0 Å². The number of ether oxygens (including phenoxy) is 1. The van der Waals surface area contributed by atoms with Crippen LogP contribution in [0.3, 0.4) is 0 Å². The molecule has 0 aromatic heterocycles. The molecule has 0 aromatic rings. The smallest absolute Gasteiger partial charge is 0.407 e. The molecule has 11 heavy (non-hydrogen) atoms. The second-order valence-corrected chi connectivity index (χ2v) is 3.64. The Balaban J connectivity index is 0.00000121. The number of carbonyl (C=O) groups excluding carboxylic acids is 1. The number of hydrogen-bond acceptors (Lipinski definition) is 2. The Morgan fingerprint density at radius 3 is 2.55 bits per heavy atom. The molecule has 66 valence electrons. The molecule has 0 aromatic carbocycles. The molecule has 1 rings (SSSR count). The minimum absolute atomic E-state index is 0. The standard InChI is InChI=1S/C8H15NO2.H2/c1-6(2)11-7(10)9-8(3)4-5-8;/h6H,4-5H2,1-3H3,(H,9,10);1H. The largest absolute Gasteiger partial charge is 0.447 e. The second-order valence-electron chi connectivity index (χ2n) is 3.64. The molecule has 3 heteroatoms. The summed E-state index contributed by atoms with van der Waals surface area (Å²) in [5.41, 5.74) is 0.0337. The fourth-order valence-electron chi connectivity index (χ4n) is 0.802. The van der Waals surface area contributed by atoms with Crippen molar-refractivity contribution < 1.29 is 11.0 Å². The molecule has 0 aliphatic heterocycles. The van der Waals surface area contributed by atoms with Crippen LogP contribution in [0.25, 0.3) is 0 Å².